The van der Waals surface area contributed by atoms with Gasteiger partial charge >= 0.3 is 5.97 Å². The molecule has 1 aromatic heterocycles. The Morgan fingerprint density at radius 1 is 1.40 bits per heavy atom. The Bertz CT molecular complexity index is 583. The first-order valence-corrected chi connectivity index (χ1v) is 6.95. The fourth-order valence-corrected chi connectivity index (χ4v) is 2.32. The summed E-state index contributed by atoms with van der Waals surface area (Å²) in [5.41, 5.74) is 7.66. The molecule has 1 heterocycles. The van der Waals surface area contributed by atoms with E-state index in [4.69, 9.17) is 10.5 Å². The van der Waals surface area contributed by atoms with E-state index in [0.717, 1.165) is 22.9 Å². The number of pyridine rings is 1. The number of rotatable bonds is 6. The lowest BCUT2D eigenvalue weighted by Gasteiger charge is -2.16. The molecule has 0 aliphatic rings. The minimum Gasteiger partial charge on any atom is -0.466 e. The lowest BCUT2D eigenvalue weighted by molar-refractivity contribution is -0.143. The number of nitrogens with two attached hydrogens (primary N) is 1. The molecule has 0 fully saturated rings. The zero-order valence-corrected chi connectivity index (χ0v) is 11.7. The van der Waals surface area contributed by atoms with Gasteiger partial charge in [0, 0.05) is 11.6 Å². The number of ether oxygens (including phenoxy) is 1. The smallest absolute Gasteiger partial charge is 0.306 e. The summed E-state index contributed by atoms with van der Waals surface area (Å²) in [4.78, 5) is 16.1. The summed E-state index contributed by atoms with van der Waals surface area (Å²) in [7, 11) is 0. The van der Waals surface area contributed by atoms with Gasteiger partial charge in [0.2, 0.25) is 0 Å². The third-order valence-electron chi connectivity index (χ3n) is 3.32. The first-order chi connectivity index (χ1) is 9.74. The quantitative estimate of drug-likeness (QED) is 0.821. The maximum absolute atomic E-state index is 11.7. The van der Waals surface area contributed by atoms with E-state index in [1.807, 2.05) is 37.4 Å². The first-order valence-electron chi connectivity index (χ1n) is 6.95. The molecule has 2 aromatic rings. The van der Waals surface area contributed by atoms with Crippen LogP contribution in [0.5, 0.6) is 0 Å². The van der Waals surface area contributed by atoms with Crippen molar-refractivity contribution in [2.75, 3.05) is 13.2 Å². The van der Waals surface area contributed by atoms with Crippen LogP contribution in [-0.2, 0) is 9.53 Å². The van der Waals surface area contributed by atoms with Crippen LogP contribution in [0.2, 0.25) is 0 Å². The Morgan fingerprint density at radius 3 is 2.95 bits per heavy atom. The Hall–Kier alpha value is -1.94. The monoisotopic (exact) mass is 272 g/mol. The van der Waals surface area contributed by atoms with Gasteiger partial charge in [-0.05, 0) is 43.5 Å². The minimum atomic E-state index is -0.181. The molecule has 0 saturated carbocycles. The molecule has 4 heteroatoms. The second-order valence-electron chi connectivity index (χ2n) is 4.74. The Kier molecular flexibility index (Phi) is 5.07. The summed E-state index contributed by atoms with van der Waals surface area (Å²) >= 11 is 0. The van der Waals surface area contributed by atoms with Gasteiger partial charge in [-0.2, -0.15) is 0 Å². The van der Waals surface area contributed by atoms with Crippen LogP contribution in [0.4, 0.5) is 0 Å². The molecule has 0 amide bonds. The highest BCUT2D eigenvalue weighted by Crippen LogP contribution is 2.25. The van der Waals surface area contributed by atoms with Crippen LogP contribution in [0.3, 0.4) is 0 Å². The van der Waals surface area contributed by atoms with Gasteiger partial charge in [0.05, 0.1) is 18.5 Å². The molecule has 2 N–H and O–H groups in total. The molecule has 0 aliphatic heterocycles. The first kappa shape index (κ1) is 14.5. The van der Waals surface area contributed by atoms with Crippen molar-refractivity contribution < 1.29 is 9.53 Å². The van der Waals surface area contributed by atoms with Crippen molar-refractivity contribution in [2.45, 2.75) is 25.7 Å². The van der Waals surface area contributed by atoms with Crippen LogP contribution in [0.15, 0.2) is 36.5 Å². The van der Waals surface area contributed by atoms with E-state index in [0.29, 0.717) is 19.6 Å². The maximum atomic E-state index is 11.7. The molecule has 1 aromatic carbocycles. The molecule has 0 radical (unpaired) electrons. The molecule has 0 bridgehead atoms. The molecule has 0 aliphatic carbocycles. The fraction of sp³-hybridized carbons (Fsp3) is 0.375. The van der Waals surface area contributed by atoms with Crippen molar-refractivity contribution in [3.63, 3.8) is 0 Å². The van der Waals surface area contributed by atoms with E-state index in [-0.39, 0.29) is 11.9 Å². The van der Waals surface area contributed by atoms with Crippen molar-refractivity contribution in [2.24, 2.45) is 5.73 Å². The molecular formula is C16H20N2O2. The van der Waals surface area contributed by atoms with Crippen molar-refractivity contribution in [1.29, 1.82) is 0 Å². The molecule has 0 saturated heterocycles. The second kappa shape index (κ2) is 7.01. The highest BCUT2D eigenvalue weighted by Gasteiger charge is 2.17. The number of carbonyl (C=O) groups excluding carboxylic acids is 1. The maximum Gasteiger partial charge on any atom is 0.306 e. The van der Waals surface area contributed by atoms with Crippen molar-refractivity contribution in [3.8, 4) is 0 Å². The van der Waals surface area contributed by atoms with Gasteiger partial charge in [-0.1, -0.05) is 18.2 Å². The highest BCUT2D eigenvalue weighted by atomic mass is 16.5. The molecule has 1 unspecified atom stereocenters. The standard InChI is InChI=1S/C16H20N2O2/c1-2-20-16(19)10-12(7-8-17)14-9-13-5-3-4-6-15(13)18-11-14/h3-6,9,11-12H,2,7-8,10,17H2,1H3. The minimum absolute atomic E-state index is 0.0659. The van der Waals surface area contributed by atoms with Crippen LogP contribution >= 0.6 is 0 Å². The van der Waals surface area contributed by atoms with Crippen LogP contribution in [0, 0.1) is 0 Å². The van der Waals surface area contributed by atoms with Gasteiger partial charge in [0.1, 0.15) is 0 Å². The van der Waals surface area contributed by atoms with E-state index >= 15 is 0 Å². The largest absolute Gasteiger partial charge is 0.466 e. The fourth-order valence-electron chi connectivity index (χ4n) is 2.32. The predicted molar refractivity (Wildman–Crippen MR) is 79.4 cm³/mol. The Labute approximate surface area is 119 Å². The SMILES string of the molecule is CCOC(=O)CC(CCN)c1cnc2ccccc2c1. The molecule has 20 heavy (non-hydrogen) atoms. The highest BCUT2D eigenvalue weighted by molar-refractivity contribution is 5.79. The van der Waals surface area contributed by atoms with Crippen LogP contribution in [-0.4, -0.2) is 24.1 Å². The van der Waals surface area contributed by atoms with Crippen molar-refractivity contribution in [3.05, 3.63) is 42.1 Å². The number of hydrogen-bond acceptors (Lipinski definition) is 4. The summed E-state index contributed by atoms with van der Waals surface area (Å²) in [5, 5.41) is 1.08. The number of hydrogen-bond donors (Lipinski definition) is 1. The van der Waals surface area contributed by atoms with Crippen LogP contribution < -0.4 is 5.73 Å². The van der Waals surface area contributed by atoms with E-state index in [1.165, 1.54) is 0 Å². The predicted octanol–water partition coefficient (Wildman–Crippen LogP) is 2.62. The van der Waals surface area contributed by atoms with Crippen molar-refractivity contribution in [1.82, 2.24) is 4.98 Å². The second-order valence-corrected chi connectivity index (χ2v) is 4.74. The van der Waals surface area contributed by atoms with Gasteiger partial charge < -0.3 is 10.5 Å². The zero-order valence-electron chi connectivity index (χ0n) is 11.7. The summed E-state index contributed by atoms with van der Waals surface area (Å²) in [6.07, 6.45) is 2.94. The Morgan fingerprint density at radius 2 is 2.20 bits per heavy atom. The topological polar surface area (TPSA) is 65.2 Å². The van der Waals surface area contributed by atoms with Crippen LogP contribution in [0.25, 0.3) is 10.9 Å². The van der Waals surface area contributed by atoms with E-state index in [1.54, 1.807) is 0 Å². The number of aromatic nitrogens is 1. The van der Waals surface area contributed by atoms with Gasteiger partial charge in [-0.25, -0.2) is 0 Å². The number of fused-ring (bicyclic) bond motifs is 1. The van der Waals surface area contributed by atoms with Gasteiger partial charge in [-0.3, -0.25) is 9.78 Å². The number of para-hydroxylation sites is 1. The number of esters is 1. The van der Waals surface area contributed by atoms with Crippen LogP contribution in [0.1, 0.15) is 31.2 Å². The third-order valence-corrected chi connectivity index (χ3v) is 3.32. The molecule has 106 valence electrons. The normalized spacial score (nSPS) is 12.3. The molecular weight excluding hydrogens is 252 g/mol. The summed E-state index contributed by atoms with van der Waals surface area (Å²) < 4.78 is 5.03. The Balaban J connectivity index is 2.23. The average molecular weight is 272 g/mol. The van der Waals surface area contributed by atoms with E-state index in [9.17, 15) is 4.79 Å². The van der Waals surface area contributed by atoms with Gasteiger partial charge in [0.15, 0.2) is 0 Å². The van der Waals surface area contributed by atoms with Gasteiger partial charge in [-0.15, -0.1) is 0 Å². The van der Waals surface area contributed by atoms with E-state index < -0.39 is 0 Å². The number of nitrogens with zero attached hydrogens (tertiary/aromatic N) is 1. The average Bonchev–Trinajstić information content (AvgIpc) is 2.46. The lowest BCUT2D eigenvalue weighted by atomic mass is 9.93. The number of benzene rings is 1. The summed E-state index contributed by atoms with van der Waals surface area (Å²) in [6, 6.07) is 10.0. The number of carbonyl (C=O) groups is 1. The van der Waals surface area contributed by atoms with E-state index in [2.05, 4.69) is 11.1 Å². The molecule has 0 spiro atoms. The van der Waals surface area contributed by atoms with Gasteiger partial charge in [0.25, 0.3) is 0 Å². The summed E-state index contributed by atoms with van der Waals surface area (Å²) in [5.74, 6) is -0.115. The summed E-state index contributed by atoms with van der Waals surface area (Å²) in [6.45, 7) is 2.76. The molecule has 1 atom stereocenters. The molecule has 4 nitrogen and oxygen atoms in total. The lowest BCUT2D eigenvalue weighted by Crippen LogP contribution is -2.14. The molecule has 2 rings (SSSR count). The zero-order chi connectivity index (χ0) is 14.4. The third kappa shape index (κ3) is 3.54. The van der Waals surface area contributed by atoms with Crippen molar-refractivity contribution >= 4 is 16.9 Å².